The molecule has 0 fully saturated rings. The number of halogens is 1. The standard InChI is InChI=1S/C16H11ClN2O5S2/c17-10-6-12(13(20)7-15(10)25)19-18-11-5-4-8-9(16(11)21)2-1-3-14(8)24-26(22)23/h1-7,20-21,25H,(H,22,23). The first-order valence-electron chi connectivity index (χ1n) is 7.04. The second kappa shape index (κ2) is 7.50. The largest absolute Gasteiger partial charge is 0.506 e. The lowest BCUT2D eigenvalue weighted by Crippen LogP contribution is -1.97. The summed E-state index contributed by atoms with van der Waals surface area (Å²) in [5.74, 6) is -0.225. The van der Waals surface area contributed by atoms with Gasteiger partial charge in [-0.3, -0.25) is 4.55 Å². The molecule has 1 atom stereocenters. The molecule has 0 radical (unpaired) electrons. The van der Waals surface area contributed by atoms with E-state index in [1.165, 1.54) is 24.3 Å². The molecule has 134 valence electrons. The van der Waals surface area contributed by atoms with Crippen molar-refractivity contribution in [2.75, 3.05) is 0 Å². The third-order valence-corrected chi connectivity index (χ3v) is 4.58. The van der Waals surface area contributed by atoms with Crippen LogP contribution in [-0.4, -0.2) is 19.0 Å². The highest BCUT2D eigenvalue weighted by molar-refractivity contribution is 7.80. The molecule has 26 heavy (non-hydrogen) atoms. The average Bonchev–Trinajstić information content (AvgIpc) is 2.58. The first-order chi connectivity index (χ1) is 12.4. The van der Waals surface area contributed by atoms with E-state index >= 15 is 0 Å². The van der Waals surface area contributed by atoms with Gasteiger partial charge in [-0.25, -0.2) is 0 Å². The van der Waals surface area contributed by atoms with Crippen molar-refractivity contribution in [2.24, 2.45) is 10.2 Å². The van der Waals surface area contributed by atoms with Crippen molar-refractivity contribution in [1.82, 2.24) is 0 Å². The van der Waals surface area contributed by atoms with Crippen molar-refractivity contribution in [1.29, 1.82) is 0 Å². The third-order valence-electron chi connectivity index (χ3n) is 3.44. The Balaban J connectivity index is 2.03. The molecule has 1 unspecified atom stereocenters. The third kappa shape index (κ3) is 3.75. The summed E-state index contributed by atoms with van der Waals surface area (Å²) in [6.07, 6.45) is 0. The fourth-order valence-electron chi connectivity index (χ4n) is 2.26. The molecule has 0 spiro atoms. The van der Waals surface area contributed by atoms with E-state index in [-0.39, 0.29) is 28.6 Å². The zero-order valence-electron chi connectivity index (χ0n) is 12.8. The van der Waals surface area contributed by atoms with Crippen LogP contribution in [0, 0.1) is 0 Å². The minimum atomic E-state index is -2.49. The van der Waals surface area contributed by atoms with Crippen molar-refractivity contribution in [3.63, 3.8) is 0 Å². The Morgan fingerprint density at radius 3 is 2.50 bits per heavy atom. The average molecular weight is 411 g/mol. The minimum absolute atomic E-state index is 0.111. The quantitative estimate of drug-likeness (QED) is 0.271. The molecule has 3 aromatic rings. The van der Waals surface area contributed by atoms with Crippen LogP contribution in [0.4, 0.5) is 11.4 Å². The Bertz CT molecular complexity index is 1060. The molecule has 7 nitrogen and oxygen atoms in total. The zero-order valence-corrected chi connectivity index (χ0v) is 15.3. The van der Waals surface area contributed by atoms with E-state index in [2.05, 4.69) is 22.9 Å². The van der Waals surface area contributed by atoms with E-state index in [0.29, 0.717) is 20.7 Å². The van der Waals surface area contributed by atoms with Gasteiger partial charge < -0.3 is 14.4 Å². The number of azo groups is 1. The predicted octanol–water partition coefficient (Wildman–Crippen LogP) is 5.12. The van der Waals surface area contributed by atoms with E-state index in [0.717, 1.165) is 0 Å². The van der Waals surface area contributed by atoms with E-state index < -0.39 is 11.4 Å². The van der Waals surface area contributed by atoms with E-state index in [1.807, 2.05) is 0 Å². The Hall–Kier alpha value is -2.33. The monoisotopic (exact) mass is 410 g/mol. The Morgan fingerprint density at radius 1 is 1.04 bits per heavy atom. The summed E-state index contributed by atoms with van der Waals surface area (Å²) in [5, 5.41) is 29.2. The lowest BCUT2D eigenvalue weighted by atomic mass is 10.1. The SMILES string of the molecule is O=S(O)Oc1cccc2c(O)c(N=Nc3cc(Cl)c(S)cc3O)ccc12. The summed E-state index contributed by atoms with van der Waals surface area (Å²) in [4.78, 5) is 0.394. The van der Waals surface area contributed by atoms with Crippen molar-refractivity contribution in [3.8, 4) is 17.2 Å². The number of hydrogen-bond acceptors (Lipinski definition) is 7. The number of hydrogen-bond donors (Lipinski definition) is 4. The molecule has 3 aromatic carbocycles. The number of rotatable bonds is 4. The highest BCUT2D eigenvalue weighted by Crippen LogP contribution is 2.40. The molecule has 3 rings (SSSR count). The van der Waals surface area contributed by atoms with E-state index in [4.69, 9.17) is 20.3 Å². The molecule has 3 N–H and O–H groups in total. The molecular weight excluding hydrogens is 400 g/mol. The van der Waals surface area contributed by atoms with Crippen LogP contribution in [0.3, 0.4) is 0 Å². The van der Waals surface area contributed by atoms with Crippen molar-refractivity contribution in [3.05, 3.63) is 47.5 Å². The fraction of sp³-hybridized carbons (Fsp3) is 0. The molecule has 10 heteroatoms. The molecule has 0 aliphatic carbocycles. The summed E-state index contributed by atoms with van der Waals surface area (Å²) in [7, 11) is 0. The maximum atomic E-state index is 10.9. The fourth-order valence-corrected chi connectivity index (χ4v) is 2.90. The van der Waals surface area contributed by atoms with Gasteiger partial charge in [0, 0.05) is 15.7 Å². The van der Waals surface area contributed by atoms with Gasteiger partial charge in [-0.1, -0.05) is 23.7 Å². The van der Waals surface area contributed by atoms with Gasteiger partial charge in [0.15, 0.2) is 11.5 Å². The summed E-state index contributed by atoms with van der Waals surface area (Å²) in [6.45, 7) is 0. The molecule has 0 aromatic heterocycles. The molecular formula is C16H11ClN2O5S2. The maximum Gasteiger partial charge on any atom is 0.357 e. The number of aromatic hydroxyl groups is 2. The summed E-state index contributed by atoms with van der Waals surface area (Å²) in [6, 6.07) is 10.4. The zero-order chi connectivity index (χ0) is 18.8. The minimum Gasteiger partial charge on any atom is -0.506 e. The van der Waals surface area contributed by atoms with Gasteiger partial charge in [-0.2, -0.15) is 4.21 Å². The topological polar surface area (TPSA) is 112 Å². The summed E-state index contributed by atoms with van der Waals surface area (Å²) in [5.41, 5.74) is 0.241. The predicted molar refractivity (Wildman–Crippen MR) is 102 cm³/mol. The van der Waals surface area contributed by atoms with Gasteiger partial charge in [0.05, 0.1) is 5.02 Å². The lowest BCUT2D eigenvalue weighted by Gasteiger charge is -2.08. The Morgan fingerprint density at radius 2 is 1.77 bits per heavy atom. The van der Waals surface area contributed by atoms with Crippen LogP contribution < -0.4 is 4.18 Å². The van der Waals surface area contributed by atoms with Crippen molar-refractivity contribution in [2.45, 2.75) is 4.90 Å². The lowest BCUT2D eigenvalue weighted by molar-refractivity contribution is 0.459. The maximum absolute atomic E-state index is 10.9. The van der Waals surface area contributed by atoms with Crippen LogP contribution in [0.5, 0.6) is 17.2 Å². The van der Waals surface area contributed by atoms with Crippen LogP contribution in [-0.2, 0) is 11.4 Å². The highest BCUT2D eigenvalue weighted by Gasteiger charge is 2.12. The first-order valence-corrected chi connectivity index (χ1v) is 8.89. The normalized spacial score (nSPS) is 12.6. The van der Waals surface area contributed by atoms with Crippen LogP contribution >= 0.6 is 24.2 Å². The van der Waals surface area contributed by atoms with Crippen molar-refractivity contribution < 1.29 is 23.2 Å². The summed E-state index contributed by atoms with van der Waals surface area (Å²) >= 11 is 7.54. The van der Waals surface area contributed by atoms with Crippen LogP contribution in [0.2, 0.25) is 5.02 Å². The molecule has 0 amide bonds. The molecule has 0 aliphatic rings. The molecule has 0 aliphatic heterocycles. The van der Waals surface area contributed by atoms with Crippen LogP contribution in [0.25, 0.3) is 10.8 Å². The van der Waals surface area contributed by atoms with Gasteiger partial charge in [-0.15, -0.1) is 22.9 Å². The molecule has 0 bridgehead atoms. The Labute approximate surface area is 160 Å². The van der Waals surface area contributed by atoms with E-state index in [9.17, 15) is 14.4 Å². The number of phenolic OH excluding ortho intramolecular Hbond substituents is 2. The van der Waals surface area contributed by atoms with Gasteiger partial charge in [0.2, 0.25) is 0 Å². The second-order valence-corrected chi connectivity index (χ2v) is 6.57. The smallest absolute Gasteiger partial charge is 0.357 e. The highest BCUT2D eigenvalue weighted by atomic mass is 35.5. The second-order valence-electron chi connectivity index (χ2n) is 5.08. The van der Waals surface area contributed by atoms with Gasteiger partial charge in [0.1, 0.15) is 17.1 Å². The number of fused-ring (bicyclic) bond motifs is 1. The molecule has 0 heterocycles. The summed E-state index contributed by atoms with van der Waals surface area (Å²) < 4.78 is 24.5. The van der Waals surface area contributed by atoms with Gasteiger partial charge in [-0.05, 0) is 30.3 Å². The molecule has 0 saturated heterocycles. The van der Waals surface area contributed by atoms with Gasteiger partial charge in [0.25, 0.3) is 0 Å². The molecule has 0 saturated carbocycles. The number of phenols is 2. The van der Waals surface area contributed by atoms with Gasteiger partial charge >= 0.3 is 11.4 Å². The number of benzene rings is 3. The Kier molecular flexibility index (Phi) is 5.33. The van der Waals surface area contributed by atoms with Crippen LogP contribution in [0.1, 0.15) is 0 Å². The first kappa shape index (κ1) is 18.5. The number of thiol groups is 1. The number of nitrogens with zero attached hydrogens (tertiary/aromatic N) is 2. The van der Waals surface area contributed by atoms with E-state index in [1.54, 1.807) is 18.2 Å². The van der Waals surface area contributed by atoms with Crippen molar-refractivity contribution >= 4 is 57.7 Å². The van der Waals surface area contributed by atoms with Crippen LogP contribution in [0.15, 0.2) is 57.6 Å².